The molecule has 0 aliphatic heterocycles. The van der Waals surface area contributed by atoms with Crippen molar-refractivity contribution in [3.8, 4) is 0 Å². The van der Waals surface area contributed by atoms with Crippen molar-refractivity contribution >= 4 is 17.6 Å². The summed E-state index contributed by atoms with van der Waals surface area (Å²) >= 11 is 0. The molecule has 1 heterocycles. The van der Waals surface area contributed by atoms with E-state index in [1.165, 1.54) is 18.3 Å². The molecule has 2 aromatic rings. The standard InChI is InChI=1S/C15H14N2O3/c1-9-5-10(2)7-12(6-9)17-14(18)13-4-3-11(8-16-13)15(19)20/h3-8H,1-2H3,(H,17,18)(H,19,20). The van der Waals surface area contributed by atoms with Crippen molar-refractivity contribution in [3.63, 3.8) is 0 Å². The van der Waals surface area contributed by atoms with Crippen LogP contribution in [0.5, 0.6) is 0 Å². The number of anilines is 1. The molecule has 1 aromatic heterocycles. The molecule has 0 unspecified atom stereocenters. The number of aromatic nitrogens is 1. The fraction of sp³-hybridized carbons (Fsp3) is 0.133. The number of hydrogen-bond donors (Lipinski definition) is 2. The zero-order valence-corrected chi connectivity index (χ0v) is 11.2. The van der Waals surface area contributed by atoms with Gasteiger partial charge in [0.05, 0.1) is 5.56 Å². The molecule has 1 amide bonds. The van der Waals surface area contributed by atoms with Gasteiger partial charge in [0.1, 0.15) is 5.69 Å². The summed E-state index contributed by atoms with van der Waals surface area (Å²) in [5, 5.41) is 11.5. The molecule has 1 aromatic carbocycles. The maximum absolute atomic E-state index is 12.0. The predicted molar refractivity (Wildman–Crippen MR) is 75.1 cm³/mol. The number of carboxylic acid groups (broad SMARTS) is 1. The molecule has 2 rings (SSSR count). The van der Waals surface area contributed by atoms with Crippen LogP contribution >= 0.6 is 0 Å². The van der Waals surface area contributed by atoms with Gasteiger partial charge in [-0.05, 0) is 49.2 Å². The summed E-state index contributed by atoms with van der Waals surface area (Å²) in [6.45, 7) is 3.89. The van der Waals surface area contributed by atoms with Crippen molar-refractivity contribution in [3.05, 3.63) is 58.9 Å². The molecular weight excluding hydrogens is 256 g/mol. The molecule has 0 fully saturated rings. The van der Waals surface area contributed by atoms with Gasteiger partial charge in [-0.2, -0.15) is 0 Å². The lowest BCUT2D eigenvalue weighted by Crippen LogP contribution is -2.14. The second-order valence-corrected chi connectivity index (χ2v) is 4.57. The molecule has 0 radical (unpaired) electrons. The van der Waals surface area contributed by atoms with Crippen LogP contribution in [0.4, 0.5) is 5.69 Å². The monoisotopic (exact) mass is 270 g/mol. The van der Waals surface area contributed by atoms with Crippen molar-refractivity contribution in [2.45, 2.75) is 13.8 Å². The SMILES string of the molecule is Cc1cc(C)cc(NC(=O)c2ccc(C(=O)O)cn2)c1. The zero-order chi connectivity index (χ0) is 14.7. The third-order valence-corrected chi connectivity index (χ3v) is 2.72. The van der Waals surface area contributed by atoms with Gasteiger partial charge in [0.2, 0.25) is 0 Å². The third-order valence-electron chi connectivity index (χ3n) is 2.72. The van der Waals surface area contributed by atoms with E-state index in [0.717, 1.165) is 11.1 Å². The quantitative estimate of drug-likeness (QED) is 0.898. The highest BCUT2D eigenvalue weighted by Gasteiger charge is 2.10. The van der Waals surface area contributed by atoms with Crippen molar-refractivity contribution in [2.75, 3.05) is 5.32 Å². The smallest absolute Gasteiger partial charge is 0.337 e. The summed E-state index contributed by atoms with van der Waals surface area (Å²) in [5.41, 5.74) is 3.02. The van der Waals surface area contributed by atoms with Crippen molar-refractivity contribution in [2.24, 2.45) is 0 Å². The van der Waals surface area contributed by atoms with Crippen LogP contribution in [-0.4, -0.2) is 22.0 Å². The van der Waals surface area contributed by atoms with Crippen molar-refractivity contribution in [1.29, 1.82) is 0 Å². The number of carbonyl (C=O) groups is 2. The second kappa shape index (κ2) is 5.52. The maximum Gasteiger partial charge on any atom is 0.337 e. The maximum atomic E-state index is 12.0. The molecule has 2 N–H and O–H groups in total. The van der Waals surface area contributed by atoms with Crippen LogP contribution in [0.2, 0.25) is 0 Å². The number of benzene rings is 1. The Bertz CT molecular complexity index is 643. The van der Waals surface area contributed by atoms with Crippen LogP contribution < -0.4 is 5.32 Å². The lowest BCUT2D eigenvalue weighted by atomic mass is 10.1. The fourth-order valence-corrected chi connectivity index (χ4v) is 1.90. The number of rotatable bonds is 3. The summed E-state index contributed by atoms with van der Waals surface area (Å²) in [5.74, 6) is -1.44. The summed E-state index contributed by atoms with van der Waals surface area (Å²) in [7, 11) is 0. The third kappa shape index (κ3) is 3.20. The molecular formula is C15H14N2O3. The molecule has 0 saturated heterocycles. The average molecular weight is 270 g/mol. The number of pyridine rings is 1. The van der Waals surface area contributed by atoms with Gasteiger partial charge in [0.15, 0.2) is 0 Å². The van der Waals surface area contributed by atoms with E-state index in [9.17, 15) is 9.59 Å². The Morgan fingerprint density at radius 2 is 1.75 bits per heavy atom. The Hall–Kier alpha value is -2.69. The largest absolute Gasteiger partial charge is 0.478 e. The first kappa shape index (κ1) is 13.7. The van der Waals surface area contributed by atoms with Crippen LogP contribution in [0.15, 0.2) is 36.5 Å². The number of aromatic carboxylic acids is 1. The number of hydrogen-bond acceptors (Lipinski definition) is 3. The molecule has 102 valence electrons. The molecule has 0 aliphatic carbocycles. The van der Waals surface area contributed by atoms with Crippen LogP contribution in [0.3, 0.4) is 0 Å². The highest BCUT2D eigenvalue weighted by molar-refractivity contribution is 6.03. The van der Waals surface area contributed by atoms with Crippen LogP contribution in [-0.2, 0) is 0 Å². The molecule has 0 saturated carbocycles. The molecule has 0 atom stereocenters. The Morgan fingerprint density at radius 1 is 1.10 bits per heavy atom. The van der Waals surface area contributed by atoms with Gasteiger partial charge in [-0.3, -0.25) is 9.78 Å². The molecule has 5 heteroatoms. The minimum absolute atomic E-state index is 0.0490. The number of amides is 1. The van der Waals surface area contributed by atoms with Gasteiger partial charge in [0.25, 0.3) is 5.91 Å². The van der Waals surface area contributed by atoms with Crippen LogP contribution in [0.25, 0.3) is 0 Å². The highest BCUT2D eigenvalue weighted by Crippen LogP contribution is 2.14. The molecule has 5 nitrogen and oxygen atoms in total. The van der Waals surface area contributed by atoms with E-state index in [1.807, 2.05) is 32.0 Å². The zero-order valence-electron chi connectivity index (χ0n) is 11.2. The van der Waals surface area contributed by atoms with E-state index in [0.29, 0.717) is 5.69 Å². The number of carbonyl (C=O) groups excluding carboxylic acids is 1. The van der Waals surface area contributed by atoms with E-state index < -0.39 is 5.97 Å². The Balaban J connectivity index is 2.17. The summed E-state index contributed by atoms with van der Waals surface area (Å²) in [4.78, 5) is 26.6. The van der Waals surface area contributed by atoms with E-state index in [-0.39, 0.29) is 17.2 Å². The number of nitrogens with zero attached hydrogens (tertiary/aromatic N) is 1. The normalized spacial score (nSPS) is 10.1. The van der Waals surface area contributed by atoms with E-state index in [2.05, 4.69) is 10.3 Å². The molecule has 0 aliphatic rings. The minimum atomic E-state index is -1.07. The van der Waals surface area contributed by atoms with Gasteiger partial charge in [-0.15, -0.1) is 0 Å². The number of carboxylic acids is 1. The first-order chi connectivity index (χ1) is 9.45. The average Bonchev–Trinajstić information content (AvgIpc) is 2.37. The molecule has 20 heavy (non-hydrogen) atoms. The van der Waals surface area contributed by atoms with Crippen LogP contribution in [0.1, 0.15) is 32.0 Å². The van der Waals surface area contributed by atoms with E-state index >= 15 is 0 Å². The van der Waals surface area contributed by atoms with Crippen molar-refractivity contribution < 1.29 is 14.7 Å². The van der Waals surface area contributed by atoms with Crippen molar-refractivity contribution in [1.82, 2.24) is 4.98 Å². The lowest BCUT2D eigenvalue weighted by Gasteiger charge is -2.07. The van der Waals surface area contributed by atoms with Gasteiger partial charge >= 0.3 is 5.97 Å². The van der Waals surface area contributed by atoms with Gasteiger partial charge in [-0.1, -0.05) is 6.07 Å². The summed E-state index contributed by atoms with van der Waals surface area (Å²) in [6, 6.07) is 8.47. The molecule has 0 spiro atoms. The topological polar surface area (TPSA) is 79.3 Å². The van der Waals surface area contributed by atoms with E-state index in [4.69, 9.17) is 5.11 Å². The van der Waals surface area contributed by atoms with Crippen LogP contribution in [0, 0.1) is 13.8 Å². The lowest BCUT2D eigenvalue weighted by molar-refractivity contribution is 0.0696. The number of nitrogens with one attached hydrogen (secondary N) is 1. The summed E-state index contributed by atoms with van der Waals surface area (Å²) in [6.07, 6.45) is 1.17. The van der Waals surface area contributed by atoms with Gasteiger partial charge < -0.3 is 10.4 Å². The highest BCUT2D eigenvalue weighted by atomic mass is 16.4. The van der Waals surface area contributed by atoms with Gasteiger partial charge in [0, 0.05) is 11.9 Å². The Kier molecular flexibility index (Phi) is 3.79. The minimum Gasteiger partial charge on any atom is -0.478 e. The Morgan fingerprint density at radius 3 is 2.25 bits per heavy atom. The number of aryl methyl sites for hydroxylation is 2. The second-order valence-electron chi connectivity index (χ2n) is 4.57. The summed E-state index contributed by atoms with van der Waals surface area (Å²) < 4.78 is 0. The molecule has 0 bridgehead atoms. The fourth-order valence-electron chi connectivity index (χ4n) is 1.90. The first-order valence-electron chi connectivity index (χ1n) is 6.05. The van der Waals surface area contributed by atoms with E-state index in [1.54, 1.807) is 0 Å². The predicted octanol–water partition coefficient (Wildman–Crippen LogP) is 2.65. The first-order valence-corrected chi connectivity index (χ1v) is 6.05. The Labute approximate surface area is 116 Å². The van der Waals surface area contributed by atoms with Gasteiger partial charge in [-0.25, -0.2) is 4.79 Å².